The van der Waals surface area contributed by atoms with Gasteiger partial charge in [-0.05, 0) is 18.9 Å². The van der Waals surface area contributed by atoms with Crippen molar-refractivity contribution in [3.05, 3.63) is 47.9 Å². The average molecular weight is 262 g/mol. The Balaban J connectivity index is 2.03. The number of hydrogen-bond donors (Lipinski definition) is 0. The Kier molecular flexibility index (Phi) is 4.84. The first-order valence-electron chi connectivity index (χ1n) is 6.43. The molecule has 0 bridgehead atoms. The summed E-state index contributed by atoms with van der Waals surface area (Å²) in [5.41, 5.74) is 1.16. The predicted molar refractivity (Wildman–Crippen MR) is 70.0 cm³/mol. The fraction of sp³-hybridized carbons (Fsp3) is 0.400. The maximum Gasteiger partial charge on any atom is 0.306 e. The van der Waals surface area contributed by atoms with Crippen molar-refractivity contribution >= 4 is 5.97 Å². The van der Waals surface area contributed by atoms with Gasteiger partial charge in [0.15, 0.2) is 0 Å². The lowest BCUT2D eigenvalue weighted by Gasteiger charge is -2.16. The van der Waals surface area contributed by atoms with E-state index in [1.807, 2.05) is 30.3 Å². The van der Waals surface area contributed by atoms with Crippen LogP contribution in [0.25, 0.3) is 0 Å². The van der Waals surface area contributed by atoms with E-state index in [0.717, 1.165) is 17.7 Å². The second kappa shape index (κ2) is 6.83. The summed E-state index contributed by atoms with van der Waals surface area (Å²) >= 11 is 0. The summed E-state index contributed by atoms with van der Waals surface area (Å²) in [6.07, 6.45) is 2.62. The van der Waals surface area contributed by atoms with Crippen molar-refractivity contribution in [1.29, 1.82) is 0 Å². The van der Waals surface area contributed by atoms with E-state index in [4.69, 9.17) is 14.2 Å². The Morgan fingerprint density at radius 2 is 2.16 bits per heavy atom. The van der Waals surface area contributed by atoms with Crippen molar-refractivity contribution in [3.63, 3.8) is 0 Å². The predicted octanol–water partition coefficient (Wildman–Crippen LogP) is 2.64. The minimum Gasteiger partial charge on any atom is -0.466 e. The average Bonchev–Trinajstić information content (AvgIpc) is 2.93. The molecule has 4 heteroatoms. The summed E-state index contributed by atoms with van der Waals surface area (Å²) in [5.74, 6) is 0.473. The van der Waals surface area contributed by atoms with Crippen LogP contribution in [0.4, 0.5) is 0 Å². The highest BCUT2D eigenvalue weighted by molar-refractivity contribution is 5.70. The number of carbonyl (C=O) groups excluding carboxylic acids is 1. The van der Waals surface area contributed by atoms with E-state index in [2.05, 4.69) is 0 Å². The summed E-state index contributed by atoms with van der Waals surface area (Å²) < 4.78 is 15.5. The van der Waals surface area contributed by atoms with Gasteiger partial charge in [-0.15, -0.1) is 0 Å². The van der Waals surface area contributed by atoms with Crippen molar-refractivity contribution in [3.8, 4) is 0 Å². The minimum absolute atomic E-state index is 0.0380. The molecular formula is C15H18O4. The molecule has 2 rings (SSSR count). The molecule has 0 spiro atoms. The van der Waals surface area contributed by atoms with Gasteiger partial charge in [0.1, 0.15) is 12.0 Å². The number of ether oxygens (including phenoxy) is 3. The van der Waals surface area contributed by atoms with Crippen LogP contribution in [0.15, 0.2) is 42.4 Å². The van der Waals surface area contributed by atoms with Crippen LogP contribution in [0.3, 0.4) is 0 Å². The third kappa shape index (κ3) is 4.02. The van der Waals surface area contributed by atoms with Crippen LogP contribution in [-0.2, 0) is 25.4 Å². The smallest absolute Gasteiger partial charge is 0.306 e. The van der Waals surface area contributed by atoms with Gasteiger partial charge in [-0.1, -0.05) is 30.3 Å². The largest absolute Gasteiger partial charge is 0.466 e. The third-order valence-electron chi connectivity index (χ3n) is 2.94. The summed E-state index contributed by atoms with van der Waals surface area (Å²) in [6, 6.07) is 10.0. The standard InChI is InChI=1S/C15H18O4/c1-2-18-15(16)9-13(14-10-17-11-19-14)8-12-6-4-3-5-7-12/h3-7,10,13H,2,8-9,11H2,1H3. The van der Waals surface area contributed by atoms with Gasteiger partial charge in [-0.2, -0.15) is 0 Å². The highest BCUT2D eigenvalue weighted by Gasteiger charge is 2.24. The van der Waals surface area contributed by atoms with E-state index < -0.39 is 0 Å². The number of esters is 1. The SMILES string of the molecule is CCOC(=O)CC(Cc1ccccc1)C1=COCO1. The quantitative estimate of drug-likeness (QED) is 0.739. The molecule has 0 radical (unpaired) electrons. The van der Waals surface area contributed by atoms with Gasteiger partial charge < -0.3 is 14.2 Å². The monoisotopic (exact) mass is 262 g/mol. The zero-order chi connectivity index (χ0) is 13.5. The second-order valence-corrected chi connectivity index (χ2v) is 4.34. The van der Waals surface area contributed by atoms with Crippen LogP contribution >= 0.6 is 0 Å². The van der Waals surface area contributed by atoms with Gasteiger partial charge in [0.05, 0.1) is 13.0 Å². The van der Waals surface area contributed by atoms with Gasteiger partial charge in [0, 0.05) is 5.92 Å². The Bertz CT molecular complexity index is 439. The van der Waals surface area contributed by atoms with Crippen molar-refractivity contribution in [2.75, 3.05) is 13.4 Å². The van der Waals surface area contributed by atoms with Gasteiger partial charge in [0.25, 0.3) is 0 Å². The molecule has 0 aromatic heterocycles. The molecule has 0 N–H and O–H groups in total. The summed E-state index contributed by atoms with van der Waals surface area (Å²) in [4.78, 5) is 11.7. The number of allylic oxidation sites excluding steroid dienone is 1. The number of hydrogen-bond acceptors (Lipinski definition) is 4. The molecule has 4 nitrogen and oxygen atoms in total. The zero-order valence-electron chi connectivity index (χ0n) is 11.0. The van der Waals surface area contributed by atoms with E-state index >= 15 is 0 Å². The van der Waals surface area contributed by atoms with Crippen molar-refractivity contribution < 1.29 is 19.0 Å². The molecule has 0 aliphatic carbocycles. The van der Waals surface area contributed by atoms with Crippen LogP contribution in [0.1, 0.15) is 18.9 Å². The molecule has 1 unspecified atom stereocenters. The first-order chi connectivity index (χ1) is 9.29. The molecule has 1 heterocycles. The van der Waals surface area contributed by atoms with Gasteiger partial charge in [0.2, 0.25) is 6.79 Å². The van der Waals surface area contributed by atoms with Gasteiger partial charge in [-0.3, -0.25) is 4.79 Å². The fourth-order valence-electron chi connectivity index (χ4n) is 2.06. The van der Waals surface area contributed by atoms with Crippen LogP contribution in [-0.4, -0.2) is 19.4 Å². The van der Waals surface area contributed by atoms with E-state index in [1.165, 1.54) is 0 Å². The molecule has 1 aliphatic rings. The molecule has 0 amide bonds. The molecule has 19 heavy (non-hydrogen) atoms. The maximum absolute atomic E-state index is 11.7. The zero-order valence-corrected chi connectivity index (χ0v) is 11.0. The topological polar surface area (TPSA) is 44.8 Å². The molecular weight excluding hydrogens is 244 g/mol. The number of carbonyl (C=O) groups is 1. The minimum atomic E-state index is -0.208. The maximum atomic E-state index is 11.7. The van der Waals surface area contributed by atoms with Crippen molar-refractivity contribution in [2.24, 2.45) is 5.92 Å². The van der Waals surface area contributed by atoms with Crippen LogP contribution < -0.4 is 0 Å². The summed E-state index contributed by atoms with van der Waals surface area (Å²) in [5, 5.41) is 0. The first kappa shape index (κ1) is 13.5. The molecule has 1 aromatic carbocycles. The highest BCUT2D eigenvalue weighted by atomic mass is 16.7. The molecule has 0 saturated heterocycles. The summed E-state index contributed by atoms with van der Waals surface area (Å²) in [6.45, 7) is 2.43. The molecule has 0 fully saturated rings. The van der Waals surface area contributed by atoms with E-state index in [1.54, 1.807) is 13.2 Å². The number of benzene rings is 1. The Labute approximate surface area is 113 Å². The molecule has 0 saturated carbocycles. The Morgan fingerprint density at radius 1 is 1.37 bits per heavy atom. The van der Waals surface area contributed by atoms with E-state index in [9.17, 15) is 4.79 Å². The number of rotatable bonds is 6. The van der Waals surface area contributed by atoms with Crippen LogP contribution in [0.5, 0.6) is 0 Å². The third-order valence-corrected chi connectivity index (χ3v) is 2.94. The van der Waals surface area contributed by atoms with Crippen molar-refractivity contribution in [2.45, 2.75) is 19.8 Å². The molecule has 1 atom stereocenters. The molecule has 1 aromatic rings. The van der Waals surface area contributed by atoms with E-state index in [-0.39, 0.29) is 18.7 Å². The fourth-order valence-corrected chi connectivity index (χ4v) is 2.06. The lowest BCUT2D eigenvalue weighted by atomic mass is 9.94. The lowest BCUT2D eigenvalue weighted by molar-refractivity contribution is -0.144. The highest BCUT2D eigenvalue weighted by Crippen LogP contribution is 2.25. The van der Waals surface area contributed by atoms with Crippen LogP contribution in [0.2, 0.25) is 0 Å². The van der Waals surface area contributed by atoms with Crippen molar-refractivity contribution in [1.82, 2.24) is 0 Å². The second-order valence-electron chi connectivity index (χ2n) is 4.34. The lowest BCUT2D eigenvalue weighted by Crippen LogP contribution is -2.16. The van der Waals surface area contributed by atoms with Gasteiger partial charge >= 0.3 is 5.97 Å². The first-order valence-corrected chi connectivity index (χ1v) is 6.43. The Morgan fingerprint density at radius 3 is 2.79 bits per heavy atom. The van der Waals surface area contributed by atoms with Crippen LogP contribution in [0, 0.1) is 5.92 Å². The normalized spacial score (nSPS) is 15.1. The molecule has 102 valence electrons. The molecule has 1 aliphatic heterocycles. The Hall–Kier alpha value is -1.97. The summed E-state index contributed by atoms with van der Waals surface area (Å²) in [7, 11) is 0. The van der Waals surface area contributed by atoms with E-state index in [0.29, 0.717) is 13.0 Å². The van der Waals surface area contributed by atoms with Gasteiger partial charge in [-0.25, -0.2) is 0 Å².